The van der Waals surface area contributed by atoms with Crippen molar-refractivity contribution in [1.82, 2.24) is 9.97 Å². The first-order chi connectivity index (χ1) is 16.1. The van der Waals surface area contributed by atoms with Crippen molar-refractivity contribution in [2.24, 2.45) is 5.41 Å². The van der Waals surface area contributed by atoms with Crippen LogP contribution in [0.15, 0.2) is 24.3 Å². The zero-order valence-electron chi connectivity index (χ0n) is 18.2. The molecule has 4 heterocycles. The summed E-state index contributed by atoms with van der Waals surface area (Å²) in [7, 11) is 0. The van der Waals surface area contributed by atoms with Gasteiger partial charge < -0.3 is 21.3 Å². The summed E-state index contributed by atoms with van der Waals surface area (Å²) in [6.07, 6.45) is -1.82. The average molecular weight is 491 g/mol. The lowest BCUT2D eigenvalue weighted by molar-refractivity contribution is -0.126. The van der Waals surface area contributed by atoms with Crippen LogP contribution in [0, 0.1) is 5.41 Å². The number of amides is 1. The predicted molar refractivity (Wildman–Crippen MR) is 128 cm³/mol. The van der Waals surface area contributed by atoms with Crippen molar-refractivity contribution < 1.29 is 19.4 Å². The van der Waals surface area contributed by atoms with Gasteiger partial charge in [0.15, 0.2) is 0 Å². The molecule has 2 aliphatic heterocycles. The second-order valence-electron chi connectivity index (χ2n) is 9.65. The molecule has 1 spiro atoms. The van der Waals surface area contributed by atoms with Crippen LogP contribution in [0.2, 0.25) is 0 Å². The lowest BCUT2D eigenvalue weighted by atomic mass is 9.65. The average Bonchev–Trinajstić information content (AvgIpc) is 3.41. The maximum Gasteiger partial charge on any atom is 0.393 e. The first-order valence-corrected chi connectivity index (χ1v) is 12.0. The van der Waals surface area contributed by atoms with E-state index in [9.17, 15) is 18.0 Å². The van der Waals surface area contributed by atoms with Gasteiger partial charge in [-0.1, -0.05) is 6.07 Å². The summed E-state index contributed by atoms with van der Waals surface area (Å²) >= 11 is 1.03. The van der Waals surface area contributed by atoms with E-state index in [1.165, 1.54) is 0 Å². The number of thiophene rings is 1. The Morgan fingerprint density at radius 1 is 1.29 bits per heavy atom. The van der Waals surface area contributed by atoms with Gasteiger partial charge in [-0.25, -0.2) is 4.98 Å². The number of nitrogens with two attached hydrogens (primary N) is 1. The molecule has 1 aromatic carbocycles. The van der Waals surface area contributed by atoms with Crippen LogP contribution in [-0.2, 0) is 17.6 Å². The number of anilines is 4. The Labute approximate surface area is 199 Å². The van der Waals surface area contributed by atoms with E-state index in [0.717, 1.165) is 60.6 Å². The fourth-order valence-corrected chi connectivity index (χ4v) is 6.64. The molecule has 2 fully saturated rings. The van der Waals surface area contributed by atoms with Gasteiger partial charge >= 0.3 is 6.18 Å². The number of halogens is 3. The van der Waals surface area contributed by atoms with Crippen molar-refractivity contribution in [3.8, 4) is 0 Å². The van der Waals surface area contributed by atoms with Crippen LogP contribution in [0.1, 0.15) is 31.1 Å². The highest BCUT2D eigenvalue weighted by molar-refractivity contribution is 7.18. The van der Waals surface area contributed by atoms with Crippen LogP contribution in [0.5, 0.6) is 0 Å². The van der Waals surface area contributed by atoms with Crippen molar-refractivity contribution in [2.75, 3.05) is 34.4 Å². The van der Waals surface area contributed by atoms with E-state index in [0.29, 0.717) is 28.5 Å². The lowest BCUT2D eigenvalue weighted by Gasteiger charge is -2.46. The van der Waals surface area contributed by atoms with Gasteiger partial charge in [-0.05, 0) is 48.4 Å². The van der Waals surface area contributed by atoms with Gasteiger partial charge in [0, 0.05) is 36.8 Å². The molecule has 1 saturated carbocycles. The second kappa shape index (κ2) is 7.46. The van der Waals surface area contributed by atoms with E-state index in [4.69, 9.17) is 5.73 Å². The minimum absolute atomic E-state index is 0. The molecule has 180 valence electrons. The van der Waals surface area contributed by atoms with Crippen LogP contribution in [0.4, 0.5) is 36.3 Å². The molecular formula is C23H25F3N6OS. The molecule has 2 aromatic heterocycles. The normalized spacial score (nSPS) is 23.9. The molecule has 1 aliphatic carbocycles. The fourth-order valence-electron chi connectivity index (χ4n) is 5.57. The maximum atomic E-state index is 12.9. The van der Waals surface area contributed by atoms with E-state index in [1.54, 1.807) is 6.07 Å². The van der Waals surface area contributed by atoms with Crippen molar-refractivity contribution in [1.29, 1.82) is 0 Å². The number of alkyl halides is 3. The fraction of sp³-hybridized carbons (Fsp3) is 0.435. The summed E-state index contributed by atoms with van der Waals surface area (Å²) in [4.78, 5) is 23.0. The molecule has 11 heteroatoms. The molecular weight excluding hydrogens is 465 g/mol. The molecule has 1 saturated heterocycles. The van der Waals surface area contributed by atoms with E-state index >= 15 is 0 Å². The summed E-state index contributed by atoms with van der Waals surface area (Å²) in [6.45, 7) is 1.58. The summed E-state index contributed by atoms with van der Waals surface area (Å²) in [5.74, 6) is 0.743. The maximum absolute atomic E-state index is 12.9. The molecule has 0 unspecified atom stereocenters. The third-order valence-electron chi connectivity index (χ3n) is 7.02. The first-order valence-electron chi connectivity index (χ1n) is 11.2. The van der Waals surface area contributed by atoms with Gasteiger partial charge in [-0.15, -0.1) is 11.3 Å². The molecule has 3 aromatic rings. The molecule has 0 bridgehead atoms. The lowest BCUT2D eigenvalue weighted by Crippen LogP contribution is -2.46. The van der Waals surface area contributed by atoms with Crippen LogP contribution >= 0.6 is 11.3 Å². The molecule has 7 nitrogen and oxygen atoms in total. The molecule has 6 rings (SSSR count). The molecule has 3 aliphatic rings. The minimum Gasteiger partial charge on any atom is -0.382 e. The first kappa shape index (κ1) is 21.5. The standard InChI is InChI=1S/C23H23F3N6OS.H2/c24-23(25,26)10-15-7-16-19(30-21(27)31-20(16)34-15)32-4-3-22(11-32)8-14(9-22)28-13-2-1-12-5-18(33)29-17(12)6-13;/h1-2,6-7,14,28H,3-5,8-11H2,(H,29,33)(H2,27,30,31);1H. The second-order valence-corrected chi connectivity index (χ2v) is 10.8. The minimum atomic E-state index is -4.27. The molecule has 1 amide bonds. The van der Waals surface area contributed by atoms with Gasteiger partial charge in [0.1, 0.15) is 10.6 Å². The number of fused-ring (bicyclic) bond motifs is 2. The Morgan fingerprint density at radius 2 is 2.12 bits per heavy atom. The number of carbonyl (C=O) groups is 1. The predicted octanol–water partition coefficient (Wildman–Crippen LogP) is 4.59. The summed E-state index contributed by atoms with van der Waals surface area (Å²) in [5, 5.41) is 7.10. The third kappa shape index (κ3) is 3.91. The molecule has 4 N–H and O–H groups in total. The van der Waals surface area contributed by atoms with Crippen LogP contribution in [0.3, 0.4) is 0 Å². The number of rotatable bonds is 4. The summed E-state index contributed by atoms with van der Waals surface area (Å²) in [6, 6.07) is 7.89. The number of nitrogen functional groups attached to an aromatic ring is 1. The molecule has 0 atom stereocenters. The van der Waals surface area contributed by atoms with Gasteiger partial charge in [0.05, 0.1) is 18.2 Å². The third-order valence-corrected chi connectivity index (χ3v) is 8.05. The topological polar surface area (TPSA) is 96.2 Å². The highest BCUT2D eigenvalue weighted by atomic mass is 32.1. The number of hydrogen-bond donors (Lipinski definition) is 3. The van der Waals surface area contributed by atoms with Crippen molar-refractivity contribution in [3.05, 3.63) is 34.7 Å². The zero-order valence-corrected chi connectivity index (χ0v) is 19.0. The van der Waals surface area contributed by atoms with Crippen molar-refractivity contribution >= 4 is 50.6 Å². The Bertz CT molecular complexity index is 1310. The number of nitrogens with one attached hydrogen (secondary N) is 2. The largest absolute Gasteiger partial charge is 0.393 e. The van der Waals surface area contributed by atoms with Gasteiger partial charge in [-0.3, -0.25) is 4.79 Å². The van der Waals surface area contributed by atoms with E-state index in [2.05, 4.69) is 25.5 Å². The van der Waals surface area contributed by atoms with Crippen LogP contribution in [-0.4, -0.2) is 41.2 Å². The zero-order chi connectivity index (χ0) is 23.7. The van der Waals surface area contributed by atoms with Crippen molar-refractivity contribution in [2.45, 2.75) is 44.3 Å². The summed E-state index contributed by atoms with van der Waals surface area (Å²) < 4.78 is 38.7. The number of carbonyl (C=O) groups excluding carboxylic acids is 1. The Kier molecular flexibility index (Phi) is 4.71. The van der Waals surface area contributed by atoms with E-state index in [-0.39, 0.29) is 23.6 Å². The summed E-state index contributed by atoms with van der Waals surface area (Å²) in [5.41, 5.74) is 8.95. The monoisotopic (exact) mass is 490 g/mol. The SMILES string of the molecule is Nc1nc(N2CCC3(CC(Nc4ccc5c(c4)NC(=O)C5)C3)C2)c2cc(CC(F)(F)F)sc2n1.[HH]. The Hall–Kier alpha value is -3.08. The quantitative estimate of drug-likeness (QED) is 0.495. The molecule has 34 heavy (non-hydrogen) atoms. The number of hydrogen-bond acceptors (Lipinski definition) is 7. The highest BCUT2D eigenvalue weighted by Crippen LogP contribution is 2.50. The highest BCUT2D eigenvalue weighted by Gasteiger charge is 2.49. The van der Waals surface area contributed by atoms with Crippen molar-refractivity contribution in [3.63, 3.8) is 0 Å². The van der Waals surface area contributed by atoms with Gasteiger partial charge in [0.25, 0.3) is 0 Å². The van der Waals surface area contributed by atoms with Gasteiger partial charge in [-0.2, -0.15) is 18.2 Å². The number of nitrogens with zero attached hydrogens (tertiary/aromatic N) is 3. The van der Waals surface area contributed by atoms with E-state index < -0.39 is 12.6 Å². The van der Waals surface area contributed by atoms with Crippen LogP contribution in [0.25, 0.3) is 10.2 Å². The number of benzene rings is 1. The van der Waals surface area contributed by atoms with Crippen LogP contribution < -0.4 is 21.3 Å². The Balaban J connectivity index is 0.00000253. The molecule has 0 radical (unpaired) electrons. The van der Waals surface area contributed by atoms with E-state index in [1.807, 2.05) is 18.2 Å². The smallest absolute Gasteiger partial charge is 0.382 e. The Morgan fingerprint density at radius 3 is 2.91 bits per heavy atom. The number of aromatic nitrogens is 2. The van der Waals surface area contributed by atoms with Gasteiger partial charge in [0.2, 0.25) is 11.9 Å².